The first kappa shape index (κ1) is 29.7. The van der Waals surface area contributed by atoms with Crippen LogP contribution < -0.4 is 4.98 Å². The standard InChI is InChI=1S/C40H31N4O.Pt/c1-23-16-24(2)19-28(18-23)33-22-34(42-39-30(33)9-7-13-36(39)45)31-10-6-12-35-38(31)43-40(32-11-5-8-27-14-15-41-37(27)32)44(35)29-20-25(3)17-26(4)21-29;/h5-22H,1-4H3,(H-,41,42,43,45);/q-1;. The Morgan fingerprint density at radius 1 is 0.630 bits per heavy atom. The van der Waals surface area contributed by atoms with Crippen LogP contribution in [0.25, 0.3) is 72.3 Å². The Morgan fingerprint density at radius 3 is 2.07 bits per heavy atom. The van der Waals surface area contributed by atoms with Gasteiger partial charge in [0.1, 0.15) is 17.1 Å². The van der Waals surface area contributed by atoms with Crippen LogP contribution in [0.15, 0.2) is 109 Å². The number of hydrogen-bond donors (Lipinski definition) is 1. The minimum atomic E-state index is 0. The molecule has 0 fully saturated rings. The van der Waals surface area contributed by atoms with Crippen molar-refractivity contribution in [1.29, 1.82) is 0 Å². The van der Waals surface area contributed by atoms with E-state index < -0.39 is 0 Å². The van der Waals surface area contributed by atoms with Crippen molar-refractivity contribution in [2.24, 2.45) is 0 Å². The third-order valence-corrected chi connectivity index (χ3v) is 8.54. The molecule has 1 N–H and O–H groups in total. The van der Waals surface area contributed by atoms with Gasteiger partial charge < -0.3 is 10.1 Å². The van der Waals surface area contributed by atoms with E-state index in [-0.39, 0.29) is 26.8 Å². The fourth-order valence-corrected chi connectivity index (χ4v) is 6.78. The van der Waals surface area contributed by atoms with Gasteiger partial charge in [-0.05, 0) is 85.7 Å². The van der Waals surface area contributed by atoms with Crippen LogP contribution in [0.5, 0.6) is 5.75 Å². The van der Waals surface area contributed by atoms with Gasteiger partial charge in [-0.1, -0.05) is 83.9 Å². The van der Waals surface area contributed by atoms with Crippen molar-refractivity contribution in [2.45, 2.75) is 27.7 Å². The maximum Gasteiger partial charge on any atom is 0.144 e. The molecule has 0 radical (unpaired) electrons. The fraction of sp³-hybridized carbons (Fsp3) is 0.100. The van der Waals surface area contributed by atoms with Gasteiger partial charge in [0.05, 0.1) is 16.7 Å². The van der Waals surface area contributed by atoms with E-state index in [2.05, 4.69) is 111 Å². The van der Waals surface area contributed by atoms with E-state index in [4.69, 9.17) is 15.0 Å². The first-order chi connectivity index (χ1) is 21.8. The summed E-state index contributed by atoms with van der Waals surface area (Å²) < 4.78 is 2.24. The Balaban J connectivity index is 0.00000338. The van der Waals surface area contributed by atoms with E-state index in [1.165, 1.54) is 22.3 Å². The number of aryl methyl sites for hydroxylation is 4. The first-order valence-corrected chi connectivity index (χ1v) is 15.2. The van der Waals surface area contributed by atoms with Gasteiger partial charge in [0.2, 0.25) is 0 Å². The molecule has 0 amide bonds. The monoisotopic (exact) mass is 778 g/mol. The number of phenols is 1. The molecule has 5 nitrogen and oxygen atoms in total. The summed E-state index contributed by atoms with van der Waals surface area (Å²) in [4.78, 5) is 15.2. The molecule has 5 aromatic carbocycles. The number of aromatic nitrogens is 4. The molecule has 3 heterocycles. The van der Waals surface area contributed by atoms with E-state index in [1.807, 2.05) is 24.4 Å². The van der Waals surface area contributed by atoms with Gasteiger partial charge in [-0.25, -0.2) is 9.97 Å². The second-order valence-electron chi connectivity index (χ2n) is 12.1. The Bertz CT molecular complexity index is 2410. The number of fused-ring (bicyclic) bond motifs is 3. The van der Waals surface area contributed by atoms with Crippen molar-refractivity contribution in [1.82, 2.24) is 19.5 Å². The average molecular weight is 779 g/mol. The maximum atomic E-state index is 11.0. The molecule has 0 spiro atoms. The van der Waals surface area contributed by atoms with Crippen LogP contribution >= 0.6 is 0 Å². The Hall–Kier alpha value is -4.99. The number of pyridine rings is 1. The summed E-state index contributed by atoms with van der Waals surface area (Å²) in [5.41, 5.74) is 13.8. The summed E-state index contributed by atoms with van der Waals surface area (Å²) in [6.45, 7) is 8.48. The molecule has 0 saturated heterocycles. The number of benzene rings is 5. The summed E-state index contributed by atoms with van der Waals surface area (Å²) in [6.07, 6.45) is 1.85. The molecule has 0 aliphatic rings. The third-order valence-electron chi connectivity index (χ3n) is 8.54. The van der Waals surface area contributed by atoms with Crippen molar-refractivity contribution < 1.29 is 26.2 Å². The molecule has 3 aromatic heterocycles. The first-order valence-electron chi connectivity index (χ1n) is 15.2. The summed E-state index contributed by atoms with van der Waals surface area (Å²) in [5, 5.41) is 13.0. The molecule has 8 aromatic rings. The minimum absolute atomic E-state index is 0. The molecule has 46 heavy (non-hydrogen) atoms. The second-order valence-corrected chi connectivity index (χ2v) is 12.1. The van der Waals surface area contributed by atoms with Crippen molar-refractivity contribution in [3.8, 4) is 45.2 Å². The van der Waals surface area contributed by atoms with Gasteiger partial charge in [0.25, 0.3) is 0 Å². The number of para-hydroxylation sites is 3. The van der Waals surface area contributed by atoms with Gasteiger partial charge >= 0.3 is 0 Å². The number of imidazole rings is 1. The molecule has 8 rings (SSSR count). The van der Waals surface area contributed by atoms with Crippen molar-refractivity contribution >= 4 is 32.8 Å². The van der Waals surface area contributed by atoms with Gasteiger partial charge in [-0.15, -0.1) is 5.52 Å². The number of rotatable bonds is 4. The van der Waals surface area contributed by atoms with Crippen molar-refractivity contribution in [3.63, 3.8) is 0 Å². The molecule has 228 valence electrons. The van der Waals surface area contributed by atoms with Gasteiger partial charge in [0, 0.05) is 43.3 Å². The number of nitrogens with zero attached hydrogens (tertiary/aromatic N) is 4. The normalized spacial score (nSPS) is 11.4. The molecule has 0 unspecified atom stereocenters. The van der Waals surface area contributed by atoms with E-state index in [0.717, 1.165) is 66.8 Å². The molecule has 0 aliphatic carbocycles. The Morgan fingerprint density at radius 2 is 1.30 bits per heavy atom. The van der Waals surface area contributed by atoms with Crippen LogP contribution in [-0.2, 0) is 21.1 Å². The summed E-state index contributed by atoms with van der Waals surface area (Å²) in [7, 11) is 0. The van der Waals surface area contributed by atoms with Crippen molar-refractivity contribution in [2.75, 3.05) is 0 Å². The molecule has 0 saturated carbocycles. The summed E-state index contributed by atoms with van der Waals surface area (Å²) in [6, 6.07) is 35.4. The van der Waals surface area contributed by atoms with Crippen LogP contribution in [0.1, 0.15) is 22.3 Å². The van der Waals surface area contributed by atoms with Gasteiger partial charge in [-0.2, -0.15) is 6.20 Å². The average Bonchev–Trinajstić information content (AvgIpc) is 3.65. The van der Waals surface area contributed by atoms with E-state index in [1.54, 1.807) is 6.07 Å². The van der Waals surface area contributed by atoms with Gasteiger partial charge in [-0.3, -0.25) is 4.57 Å². The van der Waals surface area contributed by atoms with Crippen LogP contribution in [0.2, 0.25) is 0 Å². The number of phenolic OH excluding ortho intramolecular Hbond substituents is 1. The molecule has 6 heteroatoms. The van der Waals surface area contributed by atoms with Gasteiger partial charge in [0.15, 0.2) is 0 Å². The van der Waals surface area contributed by atoms with Crippen LogP contribution in [0.3, 0.4) is 0 Å². The predicted molar refractivity (Wildman–Crippen MR) is 184 cm³/mol. The predicted octanol–water partition coefficient (Wildman–Crippen LogP) is 9.62. The van der Waals surface area contributed by atoms with Crippen LogP contribution in [-0.4, -0.2) is 19.6 Å². The quantitative estimate of drug-likeness (QED) is 0.193. The number of aromatic hydroxyl groups is 1. The second kappa shape index (κ2) is 11.4. The Kier molecular flexibility index (Phi) is 7.38. The fourth-order valence-electron chi connectivity index (χ4n) is 6.78. The SMILES string of the molecule is Cc1cc(C)cc(-c2cc(-c3cccc4c3nc(-c3cccc5cc[n-]c35)n4-c3cc(C)cc(C)c3)nc3c(O)cccc23)c1.[Pt]. The summed E-state index contributed by atoms with van der Waals surface area (Å²) in [5.74, 6) is 0.979. The summed E-state index contributed by atoms with van der Waals surface area (Å²) >= 11 is 0. The zero-order chi connectivity index (χ0) is 30.8. The molecule has 0 atom stereocenters. The third kappa shape index (κ3) is 4.92. The van der Waals surface area contributed by atoms with E-state index in [0.29, 0.717) is 5.52 Å². The molecule has 0 aliphatic heterocycles. The molecular weight excluding hydrogens is 748 g/mol. The van der Waals surface area contributed by atoms with E-state index in [9.17, 15) is 5.11 Å². The largest absolute Gasteiger partial charge is 0.663 e. The molecular formula is C40H31N4OPt-. The van der Waals surface area contributed by atoms with Crippen molar-refractivity contribution in [3.05, 3.63) is 132 Å². The maximum absolute atomic E-state index is 11.0. The number of hydrogen-bond acceptors (Lipinski definition) is 3. The zero-order valence-electron chi connectivity index (χ0n) is 25.9. The van der Waals surface area contributed by atoms with Crippen LogP contribution in [0.4, 0.5) is 0 Å². The zero-order valence-corrected chi connectivity index (χ0v) is 28.2. The smallest absolute Gasteiger partial charge is 0.144 e. The van der Waals surface area contributed by atoms with Crippen LogP contribution in [0, 0.1) is 27.7 Å². The topological polar surface area (TPSA) is 65.0 Å². The Labute approximate surface area is 281 Å². The molecule has 0 bridgehead atoms. The van der Waals surface area contributed by atoms with E-state index >= 15 is 0 Å². The minimum Gasteiger partial charge on any atom is -0.663 e.